The second-order valence-corrected chi connectivity index (χ2v) is 3.79. The summed E-state index contributed by atoms with van der Waals surface area (Å²) in [6.07, 6.45) is 3.11. The van der Waals surface area contributed by atoms with Gasteiger partial charge >= 0.3 is 17.9 Å². The lowest BCUT2D eigenvalue weighted by Crippen LogP contribution is -2.04. The number of allylic oxidation sites excluding steroid dienone is 1. The molecule has 6 heteroatoms. The first-order chi connectivity index (χ1) is 9.03. The summed E-state index contributed by atoms with van der Waals surface area (Å²) in [4.78, 5) is 33.2. The topological polar surface area (TPSA) is 78.9 Å². The van der Waals surface area contributed by atoms with Gasteiger partial charge in [0.2, 0.25) is 0 Å². The predicted octanol–water partition coefficient (Wildman–Crippen LogP) is 1.38. The molecule has 0 unspecified atom stereocenters. The molecule has 0 aromatic carbocycles. The van der Waals surface area contributed by atoms with Gasteiger partial charge in [-0.1, -0.05) is 11.6 Å². The molecule has 19 heavy (non-hydrogen) atoms. The fourth-order valence-corrected chi connectivity index (χ4v) is 1.37. The maximum atomic E-state index is 11.1. The Morgan fingerprint density at radius 2 is 1.16 bits per heavy atom. The average Bonchev–Trinajstić information content (AvgIpc) is 2.44. The maximum absolute atomic E-state index is 11.1. The number of rotatable bonds is 8. The molecular weight excluding hydrogens is 252 g/mol. The fourth-order valence-electron chi connectivity index (χ4n) is 1.37. The van der Waals surface area contributed by atoms with Gasteiger partial charge in [0.25, 0.3) is 0 Å². The van der Waals surface area contributed by atoms with E-state index in [4.69, 9.17) is 0 Å². The lowest BCUT2D eigenvalue weighted by molar-refractivity contribution is -0.141. The van der Waals surface area contributed by atoms with Gasteiger partial charge in [-0.05, 0) is 12.8 Å². The van der Waals surface area contributed by atoms with Crippen molar-refractivity contribution >= 4 is 17.9 Å². The zero-order valence-corrected chi connectivity index (χ0v) is 11.6. The molecule has 0 fully saturated rings. The van der Waals surface area contributed by atoms with Crippen molar-refractivity contribution in [2.75, 3.05) is 21.3 Å². The zero-order valence-electron chi connectivity index (χ0n) is 11.6. The molecule has 0 N–H and O–H groups in total. The summed E-state index contributed by atoms with van der Waals surface area (Å²) in [5.74, 6) is -1.03. The summed E-state index contributed by atoms with van der Waals surface area (Å²) in [6, 6.07) is 0. The Morgan fingerprint density at radius 3 is 1.53 bits per heavy atom. The third-order valence-corrected chi connectivity index (χ3v) is 2.54. The van der Waals surface area contributed by atoms with E-state index in [2.05, 4.69) is 14.2 Å². The van der Waals surface area contributed by atoms with Crippen LogP contribution >= 0.6 is 0 Å². The number of carbonyl (C=O) groups excluding carboxylic acids is 3. The highest BCUT2D eigenvalue weighted by molar-refractivity contribution is 5.72. The van der Waals surface area contributed by atoms with Crippen molar-refractivity contribution in [3.05, 3.63) is 11.6 Å². The molecule has 0 saturated heterocycles. The van der Waals surface area contributed by atoms with Crippen molar-refractivity contribution in [1.29, 1.82) is 0 Å². The van der Waals surface area contributed by atoms with Crippen LogP contribution in [0.3, 0.4) is 0 Å². The summed E-state index contributed by atoms with van der Waals surface area (Å²) in [6.45, 7) is 0. The van der Waals surface area contributed by atoms with Crippen LogP contribution in [-0.2, 0) is 28.6 Å². The highest BCUT2D eigenvalue weighted by Crippen LogP contribution is 2.14. The van der Waals surface area contributed by atoms with E-state index >= 15 is 0 Å². The Kier molecular flexibility index (Phi) is 9.12. The van der Waals surface area contributed by atoms with Gasteiger partial charge in [-0.2, -0.15) is 0 Å². The number of hydrogen-bond acceptors (Lipinski definition) is 6. The van der Waals surface area contributed by atoms with Gasteiger partial charge in [-0.3, -0.25) is 14.4 Å². The monoisotopic (exact) mass is 272 g/mol. The van der Waals surface area contributed by atoms with Crippen molar-refractivity contribution < 1.29 is 28.6 Å². The third-order valence-electron chi connectivity index (χ3n) is 2.54. The number of hydrogen-bond donors (Lipinski definition) is 0. The van der Waals surface area contributed by atoms with E-state index in [0.29, 0.717) is 12.8 Å². The minimum Gasteiger partial charge on any atom is -0.469 e. The van der Waals surface area contributed by atoms with Crippen LogP contribution in [0.25, 0.3) is 0 Å². The first-order valence-electron chi connectivity index (χ1n) is 5.91. The molecule has 0 atom stereocenters. The first-order valence-corrected chi connectivity index (χ1v) is 5.91. The Bertz CT molecular complexity index is 323. The van der Waals surface area contributed by atoms with Crippen molar-refractivity contribution in [3.8, 4) is 0 Å². The Balaban J connectivity index is 4.40. The Hall–Kier alpha value is -1.85. The van der Waals surface area contributed by atoms with Crippen LogP contribution < -0.4 is 0 Å². The van der Waals surface area contributed by atoms with Crippen LogP contribution in [0.4, 0.5) is 0 Å². The summed E-state index contributed by atoms with van der Waals surface area (Å²) in [5, 5.41) is 0. The van der Waals surface area contributed by atoms with Gasteiger partial charge in [-0.25, -0.2) is 0 Å². The van der Waals surface area contributed by atoms with Crippen LogP contribution in [-0.4, -0.2) is 39.2 Å². The average molecular weight is 272 g/mol. The molecule has 0 aliphatic carbocycles. The van der Waals surface area contributed by atoms with Crippen molar-refractivity contribution in [3.63, 3.8) is 0 Å². The minimum atomic E-state index is -0.367. The number of carbonyl (C=O) groups is 3. The van der Waals surface area contributed by atoms with Gasteiger partial charge in [0, 0.05) is 12.8 Å². The zero-order chi connectivity index (χ0) is 14.7. The molecule has 0 saturated carbocycles. The third kappa shape index (κ3) is 8.82. The molecule has 0 aromatic heterocycles. The molecule has 0 aliphatic heterocycles. The Morgan fingerprint density at radius 1 is 0.737 bits per heavy atom. The molecule has 0 aliphatic rings. The highest BCUT2D eigenvalue weighted by Gasteiger charge is 2.08. The van der Waals surface area contributed by atoms with Gasteiger partial charge < -0.3 is 14.2 Å². The van der Waals surface area contributed by atoms with E-state index in [1.807, 2.05) is 0 Å². The number of methoxy groups -OCH3 is 3. The number of esters is 3. The number of ether oxygens (including phenoxy) is 3. The largest absolute Gasteiger partial charge is 0.469 e. The van der Waals surface area contributed by atoms with E-state index in [1.54, 1.807) is 6.08 Å². The van der Waals surface area contributed by atoms with Crippen molar-refractivity contribution in [1.82, 2.24) is 0 Å². The van der Waals surface area contributed by atoms with Crippen LogP contribution in [0.1, 0.15) is 32.1 Å². The molecule has 0 bridgehead atoms. The normalized spacial score (nSPS) is 9.42. The summed E-state index contributed by atoms with van der Waals surface area (Å²) >= 11 is 0. The van der Waals surface area contributed by atoms with Crippen LogP contribution in [0.5, 0.6) is 0 Å². The molecule has 0 spiro atoms. The van der Waals surface area contributed by atoms with E-state index in [1.165, 1.54) is 21.3 Å². The smallest absolute Gasteiger partial charge is 0.309 e. The van der Waals surface area contributed by atoms with E-state index < -0.39 is 0 Å². The molecule has 6 nitrogen and oxygen atoms in total. The quantitative estimate of drug-likeness (QED) is 0.377. The summed E-state index contributed by atoms with van der Waals surface area (Å²) in [7, 11) is 3.93. The highest BCUT2D eigenvalue weighted by atomic mass is 16.5. The molecule has 0 heterocycles. The van der Waals surface area contributed by atoms with Crippen molar-refractivity contribution in [2.24, 2.45) is 0 Å². The van der Waals surface area contributed by atoms with Gasteiger partial charge in [0.1, 0.15) is 0 Å². The van der Waals surface area contributed by atoms with E-state index in [-0.39, 0.29) is 37.2 Å². The summed E-state index contributed by atoms with van der Waals surface area (Å²) < 4.78 is 13.6. The summed E-state index contributed by atoms with van der Waals surface area (Å²) in [5.41, 5.74) is 0.834. The van der Waals surface area contributed by atoms with E-state index in [0.717, 1.165) is 5.57 Å². The molecular formula is C13H20O6. The van der Waals surface area contributed by atoms with Crippen LogP contribution in [0, 0.1) is 0 Å². The fraction of sp³-hybridized carbons (Fsp3) is 0.615. The lowest BCUT2D eigenvalue weighted by atomic mass is 10.0. The second kappa shape index (κ2) is 10.1. The second-order valence-electron chi connectivity index (χ2n) is 3.79. The van der Waals surface area contributed by atoms with E-state index in [9.17, 15) is 14.4 Å². The molecule has 0 rings (SSSR count). The van der Waals surface area contributed by atoms with Gasteiger partial charge in [0.15, 0.2) is 0 Å². The predicted molar refractivity (Wildman–Crippen MR) is 67.2 cm³/mol. The SMILES string of the molecule is COC(=O)CC=C(CCC(=O)OC)CCC(=O)OC. The standard InChI is InChI=1S/C13H20O6/c1-17-11(14)7-4-10(5-8-12(15)18-2)6-9-13(16)19-3/h4H,5-9H2,1-3H3. The first kappa shape index (κ1) is 17.2. The van der Waals surface area contributed by atoms with Crippen molar-refractivity contribution in [2.45, 2.75) is 32.1 Å². The lowest BCUT2D eigenvalue weighted by Gasteiger charge is -2.06. The maximum Gasteiger partial charge on any atom is 0.309 e. The molecule has 0 aromatic rings. The van der Waals surface area contributed by atoms with Gasteiger partial charge in [0.05, 0.1) is 27.8 Å². The Labute approximate surface area is 112 Å². The molecule has 0 amide bonds. The van der Waals surface area contributed by atoms with Crippen LogP contribution in [0.15, 0.2) is 11.6 Å². The molecule has 108 valence electrons. The van der Waals surface area contributed by atoms with Gasteiger partial charge in [-0.15, -0.1) is 0 Å². The van der Waals surface area contributed by atoms with Crippen LogP contribution in [0.2, 0.25) is 0 Å². The molecule has 0 radical (unpaired) electrons. The minimum absolute atomic E-state index is 0.119.